The Morgan fingerprint density at radius 2 is 1.78 bits per heavy atom. The van der Waals surface area contributed by atoms with Gasteiger partial charge in [-0.25, -0.2) is 0 Å². The van der Waals surface area contributed by atoms with Gasteiger partial charge in [0, 0.05) is 26.4 Å². The van der Waals surface area contributed by atoms with Crippen molar-refractivity contribution in [1.29, 1.82) is 0 Å². The van der Waals surface area contributed by atoms with E-state index in [2.05, 4.69) is 0 Å². The molecule has 0 aliphatic heterocycles. The number of allylic oxidation sites excluding steroid dienone is 1. The SMILES string of the molecule is CN(C)C=CC(=O)c1cc2ccccc2cc1O. The van der Waals surface area contributed by atoms with Crippen LogP contribution < -0.4 is 0 Å². The first-order valence-corrected chi connectivity index (χ1v) is 5.68. The molecule has 0 saturated heterocycles. The highest BCUT2D eigenvalue weighted by atomic mass is 16.3. The molecule has 3 heteroatoms. The highest BCUT2D eigenvalue weighted by Gasteiger charge is 2.09. The Bertz CT molecular complexity index is 615. The molecule has 0 aliphatic carbocycles. The molecule has 18 heavy (non-hydrogen) atoms. The Morgan fingerprint density at radius 1 is 1.17 bits per heavy atom. The van der Waals surface area contributed by atoms with Crippen LogP contribution in [0.15, 0.2) is 48.7 Å². The van der Waals surface area contributed by atoms with E-state index in [-0.39, 0.29) is 11.5 Å². The average molecular weight is 241 g/mol. The van der Waals surface area contributed by atoms with Crippen molar-refractivity contribution >= 4 is 16.6 Å². The van der Waals surface area contributed by atoms with E-state index in [9.17, 15) is 9.90 Å². The Balaban J connectivity index is 2.44. The highest BCUT2D eigenvalue weighted by Crippen LogP contribution is 2.25. The summed E-state index contributed by atoms with van der Waals surface area (Å²) >= 11 is 0. The number of carbonyl (C=O) groups excluding carboxylic acids is 1. The van der Waals surface area contributed by atoms with Crippen molar-refractivity contribution in [3.8, 4) is 5.75 Å². The van der Waals surface area contributed by atoms with Crippen LogP contribution in [0.3, 0.4) is 0 Å². The molecular formula is C15H15NO2. The minimum absolute atomic E-state index is 0.0158. The number of nitrogens with zero attached hydrogens (tertiary/aromatic N) is 1. The molecule has 2 rings (SSSR count). The number of phenolic OH excluding ortho intramolecular Hbond substituents is 1. The number of ketones is 1. The van der Waals surface area contributed by atoms with Crippen LogP contribution in [0.4, 0.5) is 0 Å². The van der Waals surface area contributed by atoms with E-state index in [1.165, 1.54) is 6.08 Å². The quantitative estimate of drug-likeness (QED) is 0.663. The second-order valence-electron chi connectivity index (χ2n) is 4.36. The lowest BCUT2D eigenvalue weighted by molar-refractivity contribution is 0.104. The molecule has 0 radical (unpaired) electrons. The zero-order valence-corrected chi connectivity index (χ0v) is 10.4. The van der Waals surface area contributed by atoms with Gasteiger partial charge in [0.15, 0.2) is 5.78 Å². The third-order valence-electron chi connectivity index (χ3n) is 2.65. The monoisotopic (exact) mass is 241 g/mol. The van der Waals surface area contributed by atoms with E-state index in [0.717, 1.165) is 10.8 Å². The van der Waals surface area contributed by atoms with Crippen molar-refractivity contribution in [2.24, 2.45) is 0 Å². The van der Waals surface area contributed by atoms with Gasteiger partial charge in [0.25, 0.3) is 0 Å². The van der Waals surface area contributed by atoms with E-state index in [0.29, 0.717) is 5.56 Å². The van der Waals surface area contributed by atoms with Crippen LogP contribution in [0.5, 0.6) is 5.75 Å². The van der Waals surface area contributed by atoms with Gasteiger partial charge >= 0.3 is 0 Å². The average Bonchev–Trinajstić information content (AvgIpc) is 2.35. The summed E-state index contributed by atoms with van der Waals surface area (Å²) in [6.07, 6.45) is 3.11. The lowest BCUT2D eigenvalue weighted by Crippen LogP contribution is -2.03. The third-order valence-corrected chi connectivity index (χ3v) is 2.65. The predicted molar refractivity (Wildman–Crippen MR) is 72.8 cm³/mol. The zero-order valence-electron chi connectivity index (χ0n) is 10.4. The molecule has 92 valence electrons. The first-order chi connectivity index (χ1) is 8.58. The van der Waals surface area contributed by atoms with Crippen molar-refractivity contribution < 1.29 is 9.90 Å². The first-order valence-electron chi connectivity index (χ1n) is 5.68. The van der Waals surface area contributed by atoms with Gasteiger partial charge < -0.3 is 10.0 Å². The number of fused-ring (bicyclic) bond motifs is 1. The van der Waals surface area contributed by atoms with Crippen molar-refractivity contribution in [3.63, 3.8) is 0 Å². The molecule has 0 saturated carbocycles. The third kappa shape index (κ3) is 2.51. The maximum absolute atomic E-state index is 11.9. The van der Waals surface area contributed by atoms with Crippen molar-refractivity contribution in [2.45, 2.75) is 0 Å². The molecule has 1 N–H and O–H groups in total. The summed E-state index contributed by atoms with van der Waals surface area (Å²) in [5.41, 5.74) is 0.326. The number of rotatable bonds is 3. The van der Waals surface area contributed by atoms with Crippen LogP contribution in [-0.4, -0.2) is 29.9 Å². The Morgan fingerprint density at radius 3 is 2.39 bits per heavy atom. The summed E-state index contributed by atoms with van der Waals surface area (Å²) in [4.78, 5) is 13.7. The number of hydrogen-bond donors (Lipinski definition) is 1. The van der Waals surface area contributed by atoms with Gasteiger partial charge in [-0.05, 0) is 22.9 Å². The largest absolute Gasteiger partial charge is 0.507 e. The molecule has 0 atom stereocenters. The molecule has 0 amide bonds. The van der Waals surface area contributed by atoms with Gasteiger partial charge in [-0.3, -0.25) is 4.79 Å². The van der Waals surface area contributed by atoms with Gasteiger partial charge in [0.05, 0.1) is 5.56 Å². The maximum atomic E-state index is 11.9. The van der Waals surface area contributed by atoms with E-state index in [1.54, 1.807) is 23.2 Å². The standard InChI is InChI=1S/C15H15NO2/c1-16(2)8-7-14(17)13-9-11-5-3-4-6-12(11)10-15(13)18/h3-10,18H,1-2H3. The van der Waals surface area contributed by atoms with Crippen molar-refractivity contribution in [3.05, 3.63) is 54.2 Å². The minimum atomic E-state index is -0.202. The lowest BCUT2D eigenvalue weighted by Gasteiger charge is -2.06. The fraction of sp³-hybridized carbons (Fsp3) is 0.133. The van der Waals surface area contributed by atoms with E-state index in [1.807, 2.05) is 38.4 Å². The van der Waals surface area contributed by atoms with Crippen LogP contribution in [0.2, 0.25) is 0 Å². The molecule has 0 spiro atoms. The Kier molecular flexibility index (Phi) is 3.33. The summed E-state index contributed by atoms with van der Waals surface area (Å²) in [7, 11) is 3.67. The minimum Gasteiger partial charge on any atom is -0.507 e. The summed E-state index contributed by atoms with van der Waals surface area (Å²) in [6, 6.07) is 11.0. The molecule has 3 nitrogen and oxygen atoms in total. The normalized spacial score (nSPS) is 11.0. The van der Waals surface area contributed by atoms with E-state index in [4.69, 9.17) is 0 Å². The van der Waals surface area contributed by atoms with Gasteiger partial charge in [-0.15, -0.1) is 0 Å². The first kappa shape index (κ1) is 12.2. The van der Waals surface area contributed by atoms with E-state index >= 15 is 0 Å². The molecule has 0 aliphatic rings. The zero-order chi connectivity index (χ0) is 13.1. The lowest BCUT2D eigenvalue weighted by atomic mass is 10.0. The summed E-state index contributed by atoms with van der Waals surface area (Å²) in [5.74, 6) is -0.186. The van der Waals surface area contributed by atoms with Crippen molar-refractivity contribution in [2.75, 3.05) is 14.1 Å². The second-order valence-corrected chi connectivity index (χ2v) is 4.36. The van der Waals surface area contributed by atoms with Crippen LogP contribution in [-0.2, 0) is 0 Å². The summed E-state index contributed by atoms with van der Waals surface area (Å²) in [5, 5.41) is 11.7. The molecule has 0 heterocycles. The van der Waals surface area contributed by atoms with Gasteiger partial charge in [-0.2, -0.15) is 0 Å². The Hall–Kier alpha value is -2.29. The number of aromatic hydroxyl groups is 1. The number of benzene rings is 2. The topological polar surface area (TPSA) is 40.5 Å². The summed E-state index contributed by atoms with van der Waals surface area (Å²) < 4.78 is 0. The van der Waals surface area contributed by atoms with Gasteiger partial charge in [0.1, 0.15) is 5.75 Å². The molecule has 2 aromatic rings. The number of hydrogen-bond acceptors (Lipinski definition) is 3. The van der Waals surface area contributed by atoms with E-state index < -0.39 is 0 Å². The molecule has 0 unspecified atom stereocenters. The molecule has 0 fully saturated rings. The fourth-order valence-electron chi connectivity index (χ4n) is 1.73. The molecular weight excluding hydrogens is 226 g/mol. The number of carbonyl (C=O) groups is 1. The van der Waals surface area contributed by atoms with Crippen molar-refractivity contribution in [1.82, 2.24) is 4.90 Å². The fourth-order valence-corrected chi connectivity index (χ4v) is 1.73. The van der Waals surface area contributed by atoms with Crippen LogP contribution in [0, 0.1) is 0 Å². The smallest absolute Gasteiger partial charge is 0.191 e. The highest BCUT2D eigenvalue weighted by molar-refractivity contribution is 6.08. The van der Waals surface area contributed by atoms with Crippen LogP contribution in [0.25, 0.3) is 10.8 Å². The predicted octanol–water partition coefficient (Wildman–Crippen LogP) is 2.80. The molecule has 0 aromatic heterocycles. The molecule has 2 aromatic carbocycles. The Labute approximate surface area is 106 Å². The van der Waals surface area contributed by atoms with Gasteiger partial charge in [0.2, 0.25) is 0 Å². The number of phenols is 1. The second kappa shape index (κ2) is 4.92. The van der Waals surface area contributed by atoms with Crippen LogP contribution in [0.1, 0.15) is 10.4 Å². The maximum Gasteiger partial charge on any atom is 0.191 e. The summed E-state index contributed by atoms with van der Waals surface area (Å²) in [6.45, 7) is 0. The molecule has 0 bridgehead atoms. The van der Waals surface area contributed by atoms with Crippen LogP contribution >= 0.6 is 0 Å². The van der Waals surface area contributed by atoms with Gasteiger partial charge in [-0.1, -0.05) is 24.3 Å².